The smallest absolute Gasteiger partial charge is 0.321 e. The lowest BCUT2D eigenvalue weighted by Crippen LogP contribution is -2.43. The number of urea groups is 1. The lowest BCUT2D eigenvalue weighted by atomic mass is 10.3. The standard InChI is InChI=1S/C15H20FN3O6S/c1-10(14(21)19-15(22)17-2)25-13(20)4-3-9-18-26(23,24)12-7-5-11(16)6-8-12/h5-8,10,18H,3-4,9H2,1-2H3,(H2,17,19,21,22)/t10-/m1/s1. The van der Waals surface area contributed by atoms with Crippen molar-refractivity contribution in [3.63, 3.8) is 0 Å². The van der Waals surface area contributed by atoms with Crippen LogP contribution < -0.4 is 15.4 Å². The number of esters is 1. The molecule has 0 bridgehead atoms. The molecule has 0 aliphatic rings. The van der Waals surface area contributed by atoms with Crippen LogP contribution >= 0.6 is 0 Å². The summed E-state index contributed by atoms with van der Waals surface area (Å²) >= 11 is 0. The number of hydrogen-bond donors (Lipinski definition) is 3. The van der Waals surface area contributed by atoms with Crippen molar-refractivity contribution >= 4 is 27.9 Å². The summed E-state index contributed by atoms with van der Waals surface area (Å²) in [6.45, 7) is 1.25. The van der Waals surface area contributed by atoms with Gasteiger partial charge in [-0.3, -0.25) is 14.9 Å². The largest absolute Gasteiger partial charge is 0.453 e. The van der Waals surface area contributed by atoms with Gasteiger partial charge < -0.3 is 10.1 Å². The van der Waals surface area contributed by atoms with Crippen molar-refractivity contribution in [1.82, 2.24) is 15.4 Å². The molecule has 0 aromatic heterocycles. The molecule has 1 rings (SSSR count). The topological polar surface area (TPSA) is 131 Å². The highest BCUT2D eigenvalue weighted by Gasteiger charge is 2.19. The Balaban J connectivity index is 2.36. The van der Waals surface area contributed by atoms with Crippen molar-refractivity contribution < 1.29 is 31.9 Å². The van der Waals surface area contributed by atoms with E-state index in [1.165, 1.54) is 14.0 Å². The number of imide groups is 1. The van der Waals surface area contributed by atoms with Crippen LogP contribution in [0.25, 0.3) is 0 Å². The zero-order valence-electron chi connectivity index (χ0n) is 14.2. The molecule has 0 fully saturated rings. The lowest BCUT2D eigenvalue weighted by Gasteiger charge is -2.12. The van der Waals surface area contributed by atoms with Crippen molar-refractivity contribution in [2.75, 3.05) is 13.6 Å². The van der Waals surface area contributed by atoms with E-state index < -0.39 is 39.9 Å². The normalized spacial score (nSPS) is 12.1. The Labute approximate surface area is 150 Å². The number of rotatable bonds is 8. The van der Waals surface area contributed by atoms with Gasteiger partial charge in [-0.25, -0.2) is 22.3 Å². The molecule has 1 atom stereocenters. The Bertz CT molecular complexity index is 751. The minimum Gasteiger partial charge on any atom is -0.453 e. The van der Waals surface area contributed by atoms with Gasteiger partial charge >= 0.3 is 12.0 Å². The van der Waals surface area contributed by atoms with E-state index in [-0.39, 0.29) is 24.3 Å². The zero-order chi connectivity index (χ0) is 19.7. The summed E-state index contributed by atoms with van der Waals surface area (Å²) in [5, 5.41) is 4.14. The molecule has 3 amide bonds. The summed E-state index contributed by atoms with van der Waals surface area (Å²) in [7, 11) is -2.48. The average Bonchev–Trinajstić information content (AvgIpc) is 2.58. The quantitative estimate of drug-likeness (QED) is 0.432. The van der Waals surface area contributed by atoms with Crippen LogP contribution in [0.4, 0.5) is 9.18 Å². The van der Waals surface area contributed by atoms with Crippen LogP contribution in [0.15, 0.2) is 29.2 Å². The Hall–Kier alpha value is -2.53. The fourth-order valence-corrected chi connectivity index (χ4v) is 2.80. The minimum atomic E-state index is -3.81. The summed E-state index contributed by atoms with van der Waals surface area (Å²) in [6, 6.07) is 3.57. The number of nitrogens with one attached hydrogen (secondary N) is 3. The van der Waals surface area contributed by atoms with Gasteiger partial charge in [-0.05, 0) is 37.6 Å². The van der Waals surface area contributed by atoms with Gasteiger partial charge in [0.25, 0.3) is 5.91 Å². The van der Waals surface area contributed by atoms with E-state index in [2.05, 4.69) is 10.0 Å². The van der Waals surface area contributed by atoms with Crippen molar-refractivity contribution in [3.05, 3.63) is 30.1 Å². The molecule has 1 aromatic rings. The predicted octanol–water partition coefficient (Wildman–Crippen LogP) is 0.272. The van der Waals surface area contributed by atoms with Gasteiger partial charge in [0.1, 0.15) is 5.82 Å². The molecule has 0 saturated heterocycles. The number of carbonyl (C=O) groups excluding carboxylic acids is 3. The molecule has 144 valence electrons. The van der Waals surface area contributed by atoms with E-state index in [1.807, 2.05) is 5.32 Å². The van der Waals surface area contributed by atoms with Gasteiger partial charge in [-0.2, -0.15) is 0 Å². The van der Waals surface area contributed by atoms with Crippen LogP contribution in [0.5, 0.6) is 0 Å². The summed E-state index contributed by atoms with van der Waals surface area (Å²) in [5.74, 6) is -2.05. The SMILES string of the molecule is CNC(=O)NC(=O)[C@@H](C)OC(=O)CCCNS(=O)(=O)c1ccc(F)cc1. The third-order valence-electron chi connectivity index (χ3n) is 3.11. The molecule has 0 spiro atoms. The first kappa shape index (κ1) is 21.5. The molecular formula is C15H20FN3O6S. The first-order valence-electron chi connectivity index (χ1n) is 7.63. The molecular weight excluding hydrogens is 369 g/mol. The van der Waals surface area contributed by atoms with Crippen LogP contribution in [-0.4, -0.2) is 46.0 Å². The molecule has 0 unspecified atom stereocenters. The highest BCUT2D eigenvalue weighted by molar-refractivity contribution is 7.89. The molecule has 1 aromatic carbocycles. The second kappa shape index (κ2) is 9.82. The number of sulfonamides is 1. The van der Waals surface area contributed by atoms with E-state index in [0.29, 0.717) is 0 Å². The summed E-state index contributed by atoms with van der Waals surface area (Å²) in [6.07, 6.45) is -1.18. The Morgan fingerprint density at radius 3 is 2.38 bits per heavy atom. The molecule has 3 N–H and O–H groups in total. The number of carbonyl (C=O) groups is 3. The second-order valence-electron chi connectivity index (χ2n) is 5.16. The second-order valence-corrected chi connectivity index (χ2v) is 6.92. The van der Waals surface area contributed by atoms with Gasteiger partial charge in [0.05, 0.1) is 4.90 Å². The Kier molecular flexibility index (Phi) is 8.13. The molecule has 9 nitrogen and oxygen atoms in total. The minimum absolute atomic E-state index is 0.0480. The van der Waals surface area contributed by atoms with E-state index in [4.69, 9.17) is 4.74 Å². The first-order valence-corrected chi connectivity index (χ1v) is 9.11. The van der Waals surface area contributed by atoms with E-state index in [9.17, 15) is 27.2 Å². The maximum atomic E-state index is 12.8. The number of halogens is 1. The van der Waals surface area contributed by atoms with Crippen LogP contribution in [0, 0.1) is 5.82 Å². The lowest BCUT2D eigenvalue weighted by molar-refractivity contribution is -0.154. The number of ether oxygens (including phenoxy) is 1. The van der Waals surface area contributed by atoms with Crippen LogP contribution in [0.3, 0.4) is 0 Å². The molecule has 26 heavy (non-hydrogen) atoms. The fraction of sp³-hybridized carbons (Fsp3) is 0.400. The summed E-state index contributed by atoms with van der Waals surface area (Å²) < 4.78 is 43.8. The Morgan fingerprint density at radius 2 is 1.81 bits per heavy atom. The highest BCUT2D eigenvalue weighted by Crippen LogP contribution is 2.09. The van der Waals surface area contributed by atoms with Crippen LogP contribution in [0.2, 0.25) is 0 Å². The van der Waals surface area contributed by atoms with Crippen molar-refractivity contribution in [2.24, 2.45) is 0 Å². The number of benzene rings is 1. The maximum absolute atomic E-state index is 12.8. The molecule has 0 aliphatic carbocycles. The van der Waals surface area contributed by atoms with Crippen molar-refractivity contribution in [3.8, 4) is 0 Å². The van der Waals surface area contributed by atoms with Crippen molar-refractivity contribution in [2.45, 2.75) is 30.8 Å². The predicted molar refractivity (Wildman–Crippen MR) is 89.0 cm³/mol. The van der Waals surface area contributed by atoms with E-state index >= 15 is 0 Å². The fourth-order valence-electron chi connectivity index (χ4n) is 1.72. The van der Waals surface area contributed by atoms with Crippen LogP contribution in [0.1, 0.15) is 19.8 Å². The average molecular weight is 389 g/mol. The number of hydrogen-bond acceptors (Lipinski definition) is 6. The Morgan fingerprint density at radius 1 is 1.19 bits per heavy atom. The third kappa shape index (κ3) is 7.15. The van der Waals surface area contributed by atoms with Gasteiger partial charge in [-0.15, -0.1) is 0 Å². The summed E-state index contributed by atoms with van der Waals surface area (Å²) in [5.41, 5.74) is 0. The number of amides is 3. The van der Waals surface area contributed by atoms with Gasteiger partial charge in [0, 0.05) is 20.0 Å². The molecule has 0 heterocycles. The molecule has 11 heteroatoms. The van der Waals surface area contributed by atoms with Crippen molar-refractivity contribution in [1.29, 1.82) is 0 Å². The first-order chi connectivity index (χ1) is 12.2. The van der Waals surface area contributed by atoms with Gasteiger partial charge in [-0.1, -0.05) is 0 Å². The summed E-state index contributed by atoms with van der Waals surface area (Å²) in [4.78, 5) is 34.0. The molecule has 0 saturated carbocycles. The highest BCUT2D eigenvalue weighted by atomic mass is 32.2. The van der Waals surface area contributed by atoms with Gasteiger partial charge in [0.15, 0.2) is 6.10 Å². The third-order valence-corrected chi connectivity index (χ3v) is 4.59. The van der Waals surface area contributed by atoms with E-state index in [1.54, 1.807) is 0 Å². The molecule has 0 aliphatic heterocycles. The molecule has 0 radical (unpaired) electrons. The maximum Gasteiger partial charge on any atom is 0.321 e. The monoisotopic (exact) mass is 389 g/mol. The van der Waals surface area contributed by atoms with Gasteiger partial charge in [0.2, 0.25) is 10.0 Å². The zero-order valence-corrected chi connectivity index (χ0v) is 15.1. The van der Waals surface area contributed by atoms with E-state index in [0.717, 1.165) is 24.3 Å². The van der Waals surface area contributed by atoms with Crippen LogP contribution in [-0.2, 0) is 24.3 Å².